The van der Waals surface area contributed by atoms with Crippen LogP contribution in [-0.2, 0) is 0 Å². The van der Waals surface area contributed by atoms with Crippen LogP contribution >= 0.6 is 0 Å². The van der Waals surface area contributed by atoms with Crippen LogP contribution in [-0.4, -0.2) is 46.9 Å². The van der Waals surface area contributed by atoms with E-state index in [-0.39, 0.29) is 26.4 Å². The molecule has 0 aliphatic carbocycles. The highest BCUT2D eigenvalue weighted by Gasteiger charge is 2.09. The molecule has 4 heteroatoms. The Hall–Kier alpha value is -0.160. The van der Waals surface area contributed by atoms with Crippen molar-refractivity contribution in [2.75, 3.05) is 26.4 Å². The third kappa shape index (κ3) is 14.3. The van der Waals surface area contributed by atoms with Crippen LogP contribution in [0.15, 0.2) is 0 Å². The van der Waals surface area contributed by atoms with E-state index in [9.17, 15) is 0 Å². The Bertz CT molecular complexity index is 187. The predicted octanol–water partition coefficient (Wildman–Crippen LogP) is 2.05. The van der Waals surface area contributed by atoms with E-state index in [0.717, 1.165) is 25.7 Å². The maximum absolute atomic E-state index is 8.74. The fourth-order valence-electron chi connectivity index (χ4n) is 1.98. The lowest BCUT2D eigenvalue weighted by Gasteiger charge is -2.16. The average Bonchev–Trinajstić information content (AvgIpc) is 2.44. The first-order chi connectivity index (χ1) is 9.42. The van der Waals surface area contributed by atoms with Crippen LogP contribution in [0.25, 0.3) is 0 Å². The second-order valence-electron chi connectivity index (χ2n) is 6.14. The summed E-state index contributed by atoms with van der Waals surface area (Å²) in [4.78, 5) is 0. The summed E-state index contributed by atoms with van der Waals surface area (Å²) in [6, 6.07) is 0. The molecule has 0 aromatic carbocycles. The van der Waals surface area contributed by atoms with Gasteiger partial charge in [-0.2, -0.15) is 0 Å². The summed E-state index contributed by atoms with van der Waals surface area (Å²) in [7, 11) is 0. The van der Waals surface area contributed by atoms with E-state index in [1.54, 1.807) is 0 Å². The fourth-order valence-corrected chi connectivity index (χ4v) is 1.98. The molecule has 0 spiro atoms. The highest BCUT2D eigenvalue weighted by molar-refractivity contribution is 4.60. The maximum Gasteiger partial charge on any atom is 0.0459 e. The molecule has 0 aromatic heterocycles. The van der Waals surface area contributed by atoms with Gasteiger partial charge in [-0.1, -0.05) is 27.7 Å². The van der Waals surface area contributed by atoms with Gasteiger partial charge in [0.2, 0.25) is 0 Å². The standard InChI is InChI=1S/2C8H18O2/c1-7(3-4-9)5-8(2)6-10;1-7(4-3-5-9)8(2)6-10/h2*7-10H,3-6H2,1-2H3. The van der Waals surface area contributed by atoms with Crippen molar-refractivity contribution in [1.82, 2.24) is 0 Å². The second-order valence-corrected chi connectivity index (χ2v) is 6.14. The number of aliphatic hydroxyl groups is 4. The summed E-state index contributed by atoms with van der Waals surface area (Å²) >= 11 is 0. The molecule has 0 heterocycles. The smallest absolute Gasteiger partial charge is 0.0459 e. The molecule has 0 aliphatic heterocycles. The predicted molar refractivity (Wildman–Crippen MR) is 83.5 cm³/mol. The van der Waals surface area contributed by atoms with Crippen molar-refractivity contribution in [3.8, 4) is 0 Å². The molecule has 0 saturated heterocycles. The second kappa shape index (κ2) is 15.2. The molecule has 0 aliphatic rings. The zero-order valence-electron chi connectivity index (χ0n) is 13.8. The maximum atomic E-state index is 8.74. The molecule has 4 atom stereocenters. The molecule has 0 saturated carbocycles. The van der Waals surface area contributed by atoms with Gasteiger partial charge in [-0.05, 0) is 49.4 Å². The highest BCUT2D eigenvalue weighted by atomic mass is 16.3. The molecule has 0 rings (SSSR count). The van der Waals surface area contributed by atoms with Crippen LogP contribution in [0.1, 0.15) is 53.4 Å². The van der Waals surface area contributed by atoms with Crippen LogP contribution < -0.4 is 0 Å². The van der Waals surface area contributed by atoms with Crippen LogP contribution in [0.4, 0.5) is 0 Å². The van der Waals surface area contributed by atoms with Gasteiger partial charge in [0.25, 0.3) is 0 Å². The topological polar surface area (TPSA) is 80.9 Å². The van der Waals surface area contributed by atoms with Gasteiger partial charge >= 0.3 is 0 Å². The SMILES string of the molecule is CC(CO)C(C)CCCO.CC(CO)CC(C)CCO. The first-order valence-corrected chi connectivity index (χ1v) is 7.86. The molecular formula is C16H36O4. The number of hydrogen-bond donors (Lipinski definition) is 4. The number of aliphatic hydroxyl groups excluding tert-OH is 4. The van der Waals surface area contributed by atoms with Gasteiger partial charge in [0.1, 0.15) is 0 Å². The molecular weight excluding hydrogens is 256 g/mol. The normalized spacial score (nSPS) is 16.8. The molecule has 0 radical (unpaired) electrons. The molecule has 124 valence electrons. The fraction of sp³-hybridized carbons (Fsp3) is 1.00. The van der Waals surface area contributed by atoms with Gasteiger partial charge in [-0.15, -0.1) is 0 Å². The largest absolute Gasteiger partial charge is 0.396 e. The first-order valence-electron chi connectivity index (χ1n) is 7.86. The zero-order chi connectivity index (χ0) is 16.0. The monoisotopic (exact) mass is 292 g/mol. The summed E-state index contributed by atoms with van der Waals surface area (Å²) in [5.74, 6) is 1.80. The van der Waals surface area contributed by atoms with E-state index >= 15 is 0 Å². The van der Waals surface area contributed by atoms with E-state index in [2.05, 4.69) is 13.8 Å². The Kier molecular flexibility index (Phi) is 16.9. The van der Waals surface area contributed by atoms with Gasteiger partial charge in [-0.3, -0.25) is 0 Å². The van der Waals surface area contributed by atoms with Gasteiger partial charge in [-0.25, -0.2) is 0 Å². The Labute approximate surface area is 124 Å². The van der Waals surface area contributed by atoms with Gasteiger partial charge < -0.3 is 20.4 Å². The molecule has 4 N–H and O–H groups in total. The molecule has 0 aromatic rings. The summed E-state index contributed by atoms with van der Waals surface area (Å²) in [5, 5.41) is 34.5. The minimum atomic E-state index is 0.257. The van der Waals surface area contributed by atoms with Crippen LogP contribution in [0.5, 0.6) is 0 Å². The minimum Gasteiger partial charge on any atom is -0.396 e. The summed E-state index contributed by atoms with van der Waals surface area (Å²) in [6.45, 7) is 9.30. The summed E-state index contributed by atoms with van der Waals surface area (Å²) < 4.78 is 0. The molecule has 20 heavy (non-hydrogen) atoms. The molecule has 0 fully saturated rings. The molecule has 0 bridgehead atoms. The lowest BCUT2D eigenvalue weighted by Crippen LogP contribution is -2.12. The third-order valence-electron chi connectivity index (χ3n) is 3.82. The Balaban J connectivity index is 0. The summed E-state index contributed by atoms with van der Waals surface area (Å²) in [6.07, 6.45) is 3.73. The highest BCUT2D eigenvalue weighted by Crippen LogP contribution is 2.15. The van der Waals surface area contributed by atoms with E-state index < -0.39 is 0 Å². The van der Waals surface area contributed by atoms with Gasteiger partial charge in [0.05, 0.1) is 0 Å². The minimum absolute atomic E-state index is 0.257. The van der Waals surface area contributed by atoms with Crippen molar-refractivity contribution in [3.63, 3.8) is 0 Å². The zero-order valence-corrected chi connectivity index (χ0v) is 13.8. The first kappa shape index (κ1) is 22.1. The van der Waals surface area contributed by atoms with Gasteiger partial charge in [0.15, 0.2) is 0 Å². The molecule has 4 nitrogen and oxygen atoms in total. The van der Waals surface area contributed by atoms with Crippen LogP contribution in [0, 0.1) is 23.7 Å². The number of hydrogen-bond acceptors (Lipinski definition) is 4. The Morgan fingerprint density at radius 2 is 1.25 bits per heavy atom. The van der Waals surface area contributed by atoms with Crippen molar-refractivity contribution in [3.05, 3.63) is 0 Å². The van der Waals surface area contributed by atoms with E-state index in [4.69, 9.17) is 20.4 Å². The van der Waals surface area contributed by atoms with E-state index in [1.165, 1.54) is 0 Å². The van der Waals surface area contributed by atoms with Crippen molar-refractivity contribution >= 4 is 0 Å². The van der Waals surface area contributed by atoms with Crippen LogP contribution in [0.2, 0.25) is 0 Å². The van der Waals surface area contributed by atoms with Crippen molar-refractivity contribution in [2.24, 2.45) is 23.7 Å². The quantitative estimate of drug-likeness (QED) is 0.497. The third-order valence-corrected chi connectivity index (χ3v) is 3.82. The van der Waals surface area contributed by atoms with E-state index in [0.29, 0.717) is 23.7 Å². The average molecular weight is 292 g/mol. The lowest BCUT2D eigenvalue weighted by molar-refractivity contribution is 0.181. The van der Waals surface area contributed by atoms with Crippen molar-refractivity contribution in [1.29, 1.82) is 0 Å². The number of rotatable bonds is 10. The Morgan fingerprint density at radius 1 is 0.650 bits per heavy atom. The Morgan fingerprint density at radius 3 is 1.65 bits per heavy atom. The van der Waals surface area contributed by atoms with Crippen molar-refractivity contribution in [2.45, 2.75) is 53.4 Å². The molecule has 4 unspecified atom stereocenters. The van der Waals surface area contributed by atoms with Crippen molar-refractivity contribution < 1.29 is 20.4 Å². The summed E-state index contributed by atoms with van der Waals surface area (Å²) in [5.41, 5.74) is 0. The van der Waals surface area contributed by atoms with E-state index in [1.807, 2.05) is 13.8 Å². The molecule has 0 amide bonds. The van der Waals surface area contributed by atoms with Gasteiger partial charge in [0, 0.05) is 26.4 Å². The van der Waals surface area contributed by atoms with Crippen LogP contribution in [0.3, 0.4) is 0 Å². The lowest BCUT2D eigenvalue weighted by atomic mass is 9.92.